The van der Waals surface area contributed by atoms with E-state index in [9.17, 15) is 0 Å². The number of nitrogens with two attached hydrogens (primary N) is 1. The number of rotatable bonds is 6. The number of likely N-dealkylation sites (N-methyl/N-ethyl adjacent to an activating group) is 1. The normalized spacial score (nSPS) is 13.9. The first-order valence-corrected chi connectivity index (χ1v) is 6.51. The highest BCUT2D eigenvalue weighted by Crippen LogP contribution is 2.36. The fourth-order valence-corrected chi connectivity index (χ4v) is 2.04. The lowest BCUT2D eigenvalue weighted by Gasteiger charge is -2.31. The molecular weight excluding hydrogens is 242 g/mol. The highest BCUT2D eigenvalue weighted by molar-refractivity contribution is 5.29. The molecule has 0 fully saturated rings. The Bertz CT molecular complexity index is 394. The van der Waals surface area contributed by atoms with Crippen LogP contribution >= 0.6 is 0 Å². The van der Waals surface area contributed by atoms with Crippen LogP contribution in [-0.2, 0) is 6.54 Å². The molecule has 0 aliphatic carbocycles. The van der Waals surface area contributed by atoms with Gasteiger partial charge in [-0.3, -0.25) is 16.0 Å². The quantitative estimate of drug-likeness (QED) is 0.596. The molecule has 0 bridgehead atoms. The summed E-state index contributed by atoms with van der Waals surface area (Å²) in [6.45, 7) is 8.14. The van der Waals surface area contributed by atoms with Gasteiger partial charge in [-0.25, -0.2) is 0 Å². The molecule has 1 rings (SSSR count). The highest BCUT2D eigenvalue weighted by atomic mass is 16.5. The van der Waals surface area contributed by atoms with Gasteiger partial charge in [-0.15, -0.1) is 0 Å². The van der Waals surface area contributed by atoms with Gasteiger partial charge in [0.15, 0.2) is 5.75 Å². The minimum absolute atomic E-state index is 0.0212. The topological polar surface area (TPSA) is 68.3 Å². The van der Waals surface area contributed by atoms with Gasteiger partial charge in [-0.05, 0) is 19.5 Å². The second kappa shape index (κ2) is 6.36. The lowest BCUT2D eigenvalue weighted by atomic mass is 9.85. The average Bonchev–Trinajstić information content (AvgIpc) is 2.68. The van der Waals surface area contributed by atoms with Crippen molar-refractivity contribution in [3.63, 3.8) is 0 Å². The Labute approximate surface area is 115 Å². The lowest BCUT2D eigenvalue weighted by Crippen LogP contribution is -2.39. The molecule has 0 aromatic carbocycles. The van der Waals surface area contributed by atoms with E-state index in [1.807, 2.05) is 18.8 Å². The maximum atomic E-state index is 5.74. The van der Waals surface area contributed by atoms with Gasteiger partial charge in [0, 0.05) is 6.54 Å². The van der Waals surface area contributed by atoms with Gasteiger partial charge in [0.1, 0.15) is 0 Å². The Balaban J connectivity index is 3.10. The van der Waals surface area contributed by atoms with E-state index in [2.05, 4.69) is 36.2 Å². The van der Waals surface area contributed by atoms with Crippen LogP contribution in [0.3, 0.4) is 0 Å². The van der Waals surface area contributed by atoms with Crippen LogP contribution < -0.4 is 16.0 Å². The third-order valence-electron chi connectivity index (χ3n) is 3.13. The number of nitrogens with zero attached hydrogens (tertiary/aromatic N) is 3. The molecule has 1 heterocycles. The number of hydrogen-bond acceptors (Lipinski definition) is 5. The molecule has 0 aliphatic heterocycles. The summed E-state index contributed by atoms with van der Waals surface area (Å²) in [4.78, 5) is 2.12. The second-order valence-corrected chi connectivity index (χ2v) is 6.09. The fraction of sp³-hybridized carbons (Fsp3) is 0.769. The van der Waals surface area contributed by atoms with Crippen molar-refractivity contribution in [2.24, 2.45) is 11.3 Å². The molecule has 1 atom stereocenters. The smallest absolute Gasteiger partial charge is 0.161 e. The lowest BCUT2D eigenvalue weighted by molar-refractivity contribution is 0.249. The molecule has 110 valence electrons. The molecule has 1 aromatic rings. The van der Waals surface area contributed by atoms with E-state index in [1.54, 1.807) is 13.3 Å². The maximum absolute atomic E-state index is 5.74. The van der Waals surface area contributed by atoms with Crippen LogP contribution in [0, 0.1) is 5.41 Å². The third-order valence-corrected chi connectivity index (χ3v) is 3.13. The summed E-state index contributed by atoms with van der Waals surface area (Å²) in [5, 5.41) is 4.41. The van der Waals surface area contributed by atoms with Crippen molar-refractivity contribution in [3.05, 3.63) is 11.9 Å². The van der Waals surface area contributed by atoms with Gasteiger partial charge < -0.3 is 9.64 Å². The maximum Gasteiger partial charge on any atom is 0.161 e. The minimum atomic E-state index is -0.0298. The molecular formula is C13H27N5O. The van der Waals surface area contributed by atoms with E-state index in [1.165, 1.54) is 0 Å². The van der Waals surface area contributed by atoms with E-state index in [4.69, 9.17) is 10.6 Å². The molecule has 0 amide bonds. The Morgan fingerprint density at radius 2 is 2.11 bits per heavy atom. The summed E-state index contributed by atoms with van der Waals surface area (Å²) in [7, 11) is 5.75. The molecule has 0 saturated carbocycles. The fourth-order valence-electron chi connectivity index (χ4n) is 2.04. The zero-order valence-corrected chi connectivity index (χ0v) is 12.9. The van der Waals surface area contributed by atoms with Crippen molar-refractivity contribution < 1.29 is 4.74 Å². The number of ether oxygens (including phenoxy) is 1. The summed E-state index contributed by atoms with van der Waals surface area (Å²) < 4.78 is 7.39. The Kier molecular flexibility index (Phi) is 5.34. The van der Waals surface area contributed by atoms with Crippen molar-refractivity contribution in [3.8, 4) is 5.75 Å². The second-order valence-electron chi connectivity index (χ2n) is 6.09. The summed E-state index contributed by atoms with van der Waals surface area (Å²) in [6.07, 6.45) is 1.75. The number of hydrogen-bond donors (Lipinski definition) is 2. The van der Waals surface area contributed by atoms with E-state index < -0.39 is 0 Å². The van der Waals surface area contributed by atoms with E-state index in [0.717, 1.165) is 24.5 Å². The van der Waals surface area contributed by atoms with Crippen LogP contribution in [0.1, 0.15) is 32.5 Å². The summed E-state index contributed by atoms with van der Waals surface area (Å²) in [5.41, 5.74) is 3.86. The molecule has 1 unspecified atom stereocenters. The largest absolute Gasteiger partial charge is 0.493 e. The van der Waals surface area contributed by atoms with Crippen LogP contribution in [0.4, 0.5) is 0 Å². The predicted octanol–water partition coefficient (Wildman–Crippen LogP) is 1.00. The molecule has 1 aromatic heterocycles. The summed E-state index contributed by atoms with van der Waals surface area (Å²) in [6, 6.07) is -0.0212. The van der Waals surface area contributed by atoms with Crippen molar-refractivity contribution in [1.82, 2.24) is 20.1 Å². The number of nitrogens with one attached hydrogen (secondary N) is 1. The molecule has 0 radical (unpaired) electrons. The molecule has 6 nitrogen and oxygen atoms in total. The molecule has 6 heteroatoms. The molecule has 0 aliphatic rings. The van der Waals surface area contributed by atoms with Crippen molar-refractivity contribution in [2.45, 2.75) is 33.4 Å². The predicted molar refractivity (Wildman–Crippen MR) is 76.9 cm³/mol. The zero-order chi connectivity index (χ0) is 14.6. The summed E-state index contributed by atoms with van der Waals surface area (Å²) >= 11 is 0. The molecule has 3 N–H and O–H groups in total. The van der Waals surface area contributed by atoms with E-state index >= 15 is 0 Å². The van der Waals surface area contributed by atoms with Crippen LogP contribution in [0.2, 0.25) is 0 Å². The molecule has 0 saturated heterocycles. The first-order valence-electron chi connectivity index (χ1n) is 6.51. The average molecular weight is 269 g/mol. The highest BCUT2D eigenvalue weighted by Gasteiger charge is 2.31. The first kappa shape index (κ1) is 15.9. The monoisotopic (exact) mass is 269 g/mol. The molecule has 19 heavy (non-hydrogen) atoms. The van der Waals surface area contributed by atoms with Gasteiger partial charge >= 0.3 is 0 Å². The van der Waals surface area contributed by atoms with Crippen molar-refractivity contribution in [2.75, 3.05) is 27.7 Å². The third kappa shape index (κ3) is 3.92. The Morgan fingerprint density at radius 1 is 1.47 bits per heavy atom. The van der Waals surface area contributed by atoms with Gasteiger partial charge in [-0.2, -0.15) is 5.10 Å². The van der Waals surface area contributed by atoms with Crippen LogP contribution in [0.15, 0.2) is 6.20 Å². The minimum Gasteiger partial charge on any atom is -0.493 e. The first-order chi connectivity index (χ1) is 8.81. The SMILES string of the molecule is COc1cnn(CCN(C)C)c1C(NN)C(C)(C)C. The number of hydrazine groups is 1. The van der Waals surface area contributed by atoms with Crippen LogP contribution in [0.25, 0.3) is 0 Å². The van der Waals surface area contributed by atoms with E-state index in [0.29, 0.717) is 0 Å². The van der Waals surface area contributed by atoms with Crippen LogP contribution in [-0.4, -0.2) is 42.4 Å². The number of aromatic nitrogens is 2. The standard InChI is InChI=1S/C13H27N5O/c1-13(2,3)12(16-14)11-10(19-6)9-15-18(11)8-7-17(4)5/h9,12,16H,7-8,14H2,1-6H3. The van der Waals surface area contributed by atoms with Crippen molar-refractivity contribution in [1.29, 1.82) is 0 Å². The zero-order valence-electron chi connectivity index (χ0n) is 12.9. The molecule has 0 spiro atoms. The number of methoxy groups -OCH3 is 1. The van der Waals surface area contributed by atoms with Crippen LogP contribution in [0.5, 0.6) is 5.75 Å². The van der Waals surface area contributed by atoms with Gasteiger partial charge in [0.05, 0.1) is 31.6 Å². The van der Waals surface area contributed by atoms with Gasteiger partial charge in [0.25, 0.3) is 0 Å². The summed E-state index contributed by atoms with van der Waals surface area (Å²) in [5.74, 6) is 6.52. The van der Waals surface area contributed by atoms with Gasteiger partial charge in [-0.1, -0.05) is 20.8 Å². The Morgan fingerprint density at radius 3 is 2.53 bits per heavy atom. The van der Waals surface area contributed by atoms with Gasteiger partial charge in [0.2, 0.25) is 0 Å². The Hall–Kier alpha value is -1.11. The van der Waals surface area contributed by atoms with E-state index in [-0.39, 0.29) is 11.5 Å². The van der Waals surface area contributed by atoms with Crippen molar-refractivity contribution >= 4 is 0 Å².